The molecule has 0 bridgehead atoms. The second-order valence-corrected chi connectivity index (χ2v) is 12.3. The summed E-state index contributed by atoms with van der Waals surface area (Å²) >= 11 is 1.37. The summed E-state index contributed by atoms with van der Waals surface area (Å²) in [5.41, 5.74) is 2.04. The molecule has 0 saturated heterocycles. The van der Waals surface area contributed by atoms with E-state index in [2.05, 4.69) is 42.6 Å². The fourth-order valence-electron chi connectivity index (χ4n) is 5.44. The van der Waals surface area contributed by atoms with Crippen molar-refractivity contribution >= 4 is 28.1 Å². The Morgan fingerprint density at radius 2 is 1.97 bits per heavy atom. The third kappa shape index (κ3) is 5.22. The standard InChI is InChI=1S/C28H30F3N5O2S/c1-27(2,3)16-7-10-18-19(14-32)26(39-22(18)11-16)34-25(37)21-13-24-33-20(15-5-8-17(38-4)9-6-15)12-23(28(29,30)31)36(24)35-21/h5-6,8-9,13,16,20,23,33H,7,10-12H2,1-4H3,(H,34,37)/t16-,20-,23-/m1/s1. The molecule has 2 aromatic heterocycles. The lowest BCUT2D eigenvalue weighted by Gasteiger charge is -2.33. The number of alkyl halides is 3. The first-order valence-electron chi connectivity index (χ1n) is 12.8. The van der Waals surface area contributed by atoms with Crippen LogP contribution in [-0.4, -0.2) is 29.0 Å². The van der Waals surface area contributed by atoms with Gasteiger partial charge in [-0.3, -0.25) is 4.79 Å². The molecule has 39 heavy (non-hydrogen) atoms. The molecule has 1 aliphatic heterocycles. The molecule has 1 amide bonds. The number of halogens is 3. The number of ether oxygens (including phenoxy) is 1. The first-order chi connectivity index (χ1) is 18.4. The maximum Gasteiger partial charge on any atom is 0.410 e. The molecule has 3 heterocycles. The SMILES string of the molecule is COc1ccc([C@H]2C[C@H](C(F)(F)F)n3nc(C(=O)Nc4sc5c(c4C#N)CC[C@@H](C(C)(C)C)C5)cc3N2)cc1. The normalized spacial score (nSPS) is 20.8. The Morgan fingerprint density at radius 3 is 2.59 bits per heavy atom. The first-order valence-corrected chi connectivity index (χ1v) is 13.6. The van der Waals surface area contributed by atoms with E-state index in [0.717, 1.165) is 34.4 Å². The third-order valence-corrected chi connectivity index (χ3v) is 8.94. The zero-order valence-electron chi connectivity index (χ0n) is 22.1. The lowest BCUT2D eigenvalue weighted by Crippen LogP contribution is -2.35. The minimum Gasteiger partial charge on any atom is -0.497 e. The molecular weight excluding hydrogens is 527 g/mol. The number of carbonyl (C=O) groups excluding carboxylic acids is 1. The van der Waals surface area contributed by atoms with Crippen LogP contribution in [0.5, 0.6) is 5.75 Å². The minimum atomic E-state index is -4.56. The zero-order chi connectivity index (χ0) is 28.1. The number of aromatic nitrogens is 2. The number of anilines is 2. The number of nitriles is 1. The number of hydrogen-bond acceptors (Lipinski definition) is 6. The number of rotatable bonds is 4. The van der Waals surface area contributed by atoms with Gasteiger partial charge < -0.3 is 15.4 Å². The number of nitrogens with zero attached hydrogens (tertiary/aromatic N) is 3. The fourth-order valence-corrected chi connectivity index (χ4v) is 6.71. The van der Waals surface area contributed by atoms with Crippen molar-refractivity contribution < 1.29 is 22.7 Å². The molecule has 206 valence electrons. The zero-order valence-corrected chi connectivity index (χ0v) is 23.0. The summed E-state index contributed by atoms with van der Waals surface area (Å²) in [5.74, 6) is 0.520. The molecule has 5 rings (SSSR count). The molecule has 11 heteroatoms. The van der Waals surface area contributed by atoms with Gasteiger partial charge in [0.15, 0.2) is 11.7 Å². The highest BCUT2D eigenvalue weighted by Gasteiger charge is 2.47. The Labute approximate surface area is 229 Å². The molecule has 2 aliphatic rings. The van der Waals surface area contributed by atoms with Crippen molar-refractivity contribution in [2.45, 2.75) is 64.7 Å². The maximum absolute atomic E-state index is 14.1. The van der Waals surface area contributed by atoms with Crippen molar-refractivity contribution in [2.24, 2.45) is 11.3 Å². The first kappa shape index (κ1) is 27.1. The highest BCUT2D eigenvalue weighted by molar-refractivity contribution is 7.16. The predicted molar refractivity (Wildman–Crippen MR) is 143 cm³/mol. The van der Waals surface area contributed by atoms with Crippen molar-refractivity contribution in [3.63, 3.8) is 0 Å². The number of benzene rings is 1. The number of thiophene rings is 1. The minimum absolute atomic E-state index is 0.105. The van der Waals surface area contributed by atoms with Crippen LogP contribution in [0.4, 0.5) is 24.0 Å². The van der Waals surface area contributed by atoms with Gasteiger partial charge in [-0.25, -0.2) is 4.68 Å². The largest absolute Gasteiger partial charge is 0.497 e. The van der Waals surface area contributed by atoms with Crippen LogP contribution in [0.2, 0.25) is 0 Å². The lowest BCUT2D eigenvalue weighted by atomic mass is 9.72. The summed E-state index contributed by atoms with van der Waals surface area (Å²) in [5, 5.41) is 20.2. The van der Waals surface area contributed by atoms with Gasteiger partial charge in [-0.15, -0.1) is 11.3 Å². The number of methoxy groups -OCH3 is 1. The van der Waals surface area contributed by atoms with E-state index in [1.54, 1.807) is 24.3 Å². The molecule has 0 fully saturated rings. The van der Waals surface area contributed by atoms with Gasteiger partial charge >= 0.3 is 6.18 Å². The van der Waals surface area contributed by atoms with Crippen molar-refractivity contribution in [2.75, 3.05) is 17.7 Å². The Hall–Kier alpha value is -3.52. The van der Waals surface area contributed by atoms with Crippen LogP contribution in [-0.2, 0) is 12.8 Å². The Morgan fingerprint density at radius 1 is 1.26 bits per heavy atom. The number of amides is 1. The van der Waals surface area contributed by atoms with E-state index in [-0.39, 0.29) is 23.3 Å². The van der Waals surface area contributed by atoms with Crippen LogP contribution >= 0.6 is 11.3 Å². The monoisotopic (exact) mass is 557 g/mol. The van der Waals surface area contributed by atoms with Crippen LogP contribution in [0, 0.1) is 22.7 Å². The van der Waals surface area contributed by atoms with E-state index in [1.807, 2.05) is 0 Å². The molecule has 0 spiro atoms. The Bertz CT molecular complexity index is 1430. The molecule has 1 aliphatic carbocycles. The summed E-state index contributed by atoms with van der Waals surface area (Å²) in [6, 6.07) is 7.85. The van der Waals surface area contributed by atoms with E-state index < -0.39 is 24.2 Å². The van der Waals surface area contributed by atoms with Crippen molar-refractivity contribution in [3.05, 3.63) is 57.6 Å². The average molecular weight is 558 g/mol. The van der Waals surface area contributed by atoms with Gasteiger partial charge in [0.05, 0.1) is 18.7 Å². The second kappa shape index (κ2) is 9.90. The molecule has 3 aromatic rings. The Balaban J connectivity index is 1.41. The summed E-state index contributed by atoms with van der Waals surface area (Å²) < 4.78 is 48.3. The van der Waals surface area contributed by atoms with E-state index in [1.165, 1.54) is 24.5 Å². The van der Waals surface area contributed by atoms with Crippen LogP contribution in [0.3, 0.4) is 0 Å². The van der Waals surface area contributed by atoms with E-state index >= 15 is 0 Å². The highest BCUT2D eigenvalue weighted by atomic mass is 32.1. The van der Waals surface area contributed by atoms with Gasteiger partial charge in [0, 0.05) is 17.4 Å². The number of hydrogen-bond donors (Lipinski definition) is 2. The maximum atomic E-state index is 14.1. The molecule has 3 atom stereocenters. The van der Waals surface area contributed by atoms with Crippen molar-refractivity contribution in [3.8, 4) is 11.8 Å². The fraction of sp³-hybridized carbons (Fsp3) is 0.464. The van der Waals surface area contributed by atoms with Crippen molar-refractivity contribution in [1.82, 2.24) is 9.78 Å². The lowest BCUT2D eigenvalue weighted by molar-refractivity contribution is -0.173. The van der Waals surface area contributed by atoms with Gasteiger partial charge in [0.25, 0.3) is 5.91 Å². The van der Waals surface area contributed by atoms with E-state index in [4.69, 9.17) is 4.74 Å². The number of carbonyl (C=O) groups is 1. The van der Waals surface area contributed by atoms with Gasteiger partial charge in [0.1, 0.15) is 22.6 Å². The van der Waals surface area contributed by atoms with E-state index in [9.17, 15) is 23.2 Å². The van der Waals surface area contributed by atoms with E-state index in [0.29, 0.717) is 27.8 Å². The van der Waals surface area contributed by atoms with Gasteiger partial charge in [0.2, 0.25) is 0 Å². The third-order valence-electron chi connectivity index (χ3n) is 7.77. The molecule has 1 aromatic carbocycles. The molecule has 2 N–H and O–H groups in total. The quantitative estimate of drug-likeness (QED) is 0.365. The van der Waals surface area contributed by atoms with Gasteiger partial charge in [-0.05, 0) is 53.9 Å². The predicted octanol–water partition coefficient (Wildman–Crippen LogP) is 6.89. The molecule has 0 radical (unpaired) electrons. The van der Waals surface area contributed by atoms with Gasteiger partial charge in [-0.1, -0.05) is 32.9 Å². The number of fused-ring (bicyclic) bond motifs is 2. The highest BCUT2D eigenvalue weighted by Crippen LogP contribution is 2.45. The summed E-state index contributed by atoms with van der Waals surface area (Å²) in [6.07, 6.45) is -2.29. The summed E-state index contributed by atoms with van der Waals surface area (Å²) in [4.78, 5) is 14.3. The molecule has 7 nitrogen and oxygen atoms in total. The van der Waals surface area contributed by atoms with Crippen molar-refractivity contribution in [1.29, 1.82) is 5.26 Å². The summed E-state index contributed by atoms with van der Waals surface area (Å²) in [6.45, 7) is 6.60. The van der Waals surface area contributed by atoms with Crippen LogP contribution in [0.15, 0.2) is 30.3 Å². The Kier molecular flexibility index (Phi) is 6.87. The van der Waals surface area contributed by atoms with Crippen LogP contribution in [0.25, 0.3) is 0 Å². The van der Waals surface area contributed by atoms with Crippen LogP contribution < -0.4 is 15.4 Å². The number of nitrogens with one attached hydrogen (secondary N) is 2. The summed E-state index contributed by atoms with van der Waals surface area (Å²) in [7, 11) is 1.52. The van der Waals surface area contributed by atoms with Gasteiger partial charge in [-0.2, -0.15) is 23.5 Å². The molecule has 0 unspecified atom stereocenters. The molecule has 0 saturated carbocycles. The average Bonchev–Trinajstić information content (AvgIpc) is 3.47. The second-order valence-electron chi connectivity index (χ2n) is 11.2. The topological polar surface area (TPSA) is 92.0 Å². The molecular formula is C28H30F3N5O2S. The smallest absolute Gasteiger partial charge is 0.410 e. The van der Waals surface area contributed by atoms with Crippen LogP contribution in [0.1, 0.15) is 77.8 Å².